The molecule has 1 atom stereocenters. The highest BCUT2D eigenvalue weighted by molar-refractivity contribution is 5.70. The third-order valence-corrected chi connectivity index (χ3v) is 3.10. The van der Waals surface area contributed by atoms with Crippen molar-refractivity contribution < 1.29 is 9.90 Å². The van der Waals surface area contributed by atoms with Gasteiger partial charge in [0, 0.05) is 18.5 Å². The lowest BCUT2D eigenvalue weighted by atomic mass is 10.1. The molecule has 1 unspecified atom stereocenters. The lowest BCUT2D eigenvalue weighted by Gasteiger charge is -2.11. The normalized spacial score (nSPS) is 16.3. The van der Waals surface area contributed by atoms with Gasteiger partial charge in [-0.15, -0.1) is 0 Å². The van der Waals surface area contributed by atoms with Crippen LogP contribution < -0.4 is 10.9 Å². The van der Waals surface area contributed by atoms with Gasteiger partial charge >= 0.3 is 5.97 Å². The smallest absolute Gasteiger partial charge is 0.308 e. The molecule has 0 radical (unpaired) electrons. The van der Waals surface area contributed by atoms with Gasteiger partial charge in [0.1, 0.15) is 11.6 Å². The molecular weight excluding hydrogens is 234 g/mol. The molecule has 0 aliphatic heterocycles. The molecule has 6 nitrogen and oxygen atoms in total. The topological polar surface area (TPSA) is 95.1 Å². The Kier molecular flexibility index (Phi) is 3.64. The Morgan fingerprint density at radius 2 is 2.39 bits per heavy atom. The van der Waals surface area contributed by atoms with Crippen molar-refractivity contribution in [3.63, 3.8) is 0 Å². The zero-order chi connectivity index (χ0) is 13.1. The number of hydrogen-bond acceptors (Lipinski definition) is 4. The van der Waals surface area contributed by atoms with Gasteiger partial charge in [-0.05, 0) is 19.3 Å². The summed E-state index contributed by atoms with van der Waals surface area (Å²) in [7, 11) is 0. The molecule has 0 spiro atoms. The number of aliphatic carboxylic acids is 1. The van der Waals surface area contributed by atoms with Crippen LogP contribution in [0.2, 0.25) is 0 Å². The molecular formula is C12H17N3O3. The summed E-state index contributed by atoms with van der Waals surface area (Å²) in [6.07, 6.45) is 2.65. The fourth-order valence-corrected chi connectivity index (χ4v) is 1.75. The predicted molar refractivity (Wildman–Crippen MR) is 66.7 cm³/mol. The standard InChI is InChI=1S/C12H17N3O3/c1-2-7(12(17)18)6-13-9-5-10(16)15-11(14-9)8-3-4-8/h5,7-8H,2-4,6H2,1H3,(H,17,18)(H2,13,14,15,16). The molecule has 0 bridgehead atoms. The number of nitrogens with one attached hydrogen (secondary N) is 2. The molecule has 0 saturated heterocycles. The second kappa shape index (κ2) is 5.20. The summed E-state index contributed by atoms with van der Waals surface area (Å²) in [5.74, 6) is 0.224. The van der Waals surface area contributed by atoms with Crippen molar-refractivity contribution in [2.45, 2.75) is 32.1 Å². The van der Waals surface area contributed by atoms with Crippen LogP contribution >= 0.6 is 0 Å². The highest BCUT2D eigenvalue weighted by Crippen LogP contribution is 2.37. The van der Waals surface area contributed by atoms with E-state index in [0.717, 1.165) is 12.8 Å². The molecule has 1 aliphatic carbocycles. The van der Waals surface area contributed by atoms with Gasteiger partial charge in [0.25, 0.3) is 5.56 Å². The molecule has 3 N–H and O–H groups in total. The van der Waals surface area contributed by atoms with Crippen LogP contribution in [-0.4, -0.2) is 27.6 Å². The van der Waals surface area contributed by atoms with Crippen LogP contribution in [0.4, 0.5) is 5.82 Å². The molecule has 2 rings (SSSR count). The van der Waals surface area contributed by atoms with E-state index in [4.69, 9.17) is 5.11 Å². The average molecular weight is 251 g/mol. The molecule has 0 amide bonds. The van der Waals surface area contributed by atoms with Crippen LogP contribution in [-0.2, 0) is 4.79 Å². The van der Waals surface area contributed by atoms with E-state index in [0.29, 0.717) is 24.0 Å². The first-order valence-electron chi connectivity index (χ1n) is 6.18. The summed E-state index contributed by atoms with van der Waals surface area (Å²) >= 11 is 0. The van der Waals surface area contributed by atoms with Gasteiger partial charge in [-0.25, -0.2) is 4.98 Å². The minimum atomic E-state index is -0.836. The van der Waals surface area contributed by atoms with E-state index in [1.165, 1.54) is 6.07 Å². The Morgan fingerprint density at radius 1 is 1.67 bits per heavy atom. The molecule has 98 valence electrons. The fraction of sp³-hybridized carbons (Fsp3) is 0.583. The van der Waals surface area contributed by atoms with Crippen LogP contribution in [0.3, 0.4) is 0 Å². The number of aromatic nitrogens is 2. The largest absolute Gasteiger partial charge is 0.481 e. The van der Waals surface area contributed by atoms with E-state index in [1.54, 1.807) is 0 Å². The number of carboxylic acids is 1. The van der Waals surface area contributed by atoms with Gasteiger partial charge in [0.15, 0.2) is 0 Å². The second-order valence-electron chi connectivity index (χ2n) is 4.61. The van der Waals surface area contributed by atoms with Crippen molar-refractivity contribution in [1.82, 2.24) is 9.97 Å². The van der Waals surface area contributed by atoms with E-state index in [1.807, 2.05) is 6.92 Å². The third-order valence-electron chi connectivity index (χ3n) is 3.10. The molecule has 1 aliphatic rings. The van der Waals surface area contributed by atoms with Gasteiger partial charge in [-0.2, -0.15) is 0 Å². The molecule has 0 aromatic carbocycles. The maximum Gasteiger partial charge on any atom is 0.308 e. The Balaban J connectivity index is 2.04. The summed E-state index contributed by atoms with van der Waals surface area (Å²) in [5.41, 5.74) is -0.197. The zero-order valence-electron chi connectivity index (χ0n) is 10.3. The number of carboxylic acid groups (broad SMARTS) is 1. The molecule has 18 heavy (non-hydrogen) atoms. The zero-order valence-corrected chi connectivity index (χ0v) is 10.3. The minimum absolute atomic E-state index is 0.197. The van der Waals surface area contributed by atoms with E-state index in [2.05, 4.69) is 15.3 Å². The summed E-state index contributed by atoms with van der Waals surface area (Å²) in [6.45, 7) is 2.10. The predicted octanol–water partition coefficient (Wildman–Crippen LogP) is 1.17. The molecule has 1 saturated carbocycles. The highest BCUT2D eigenvalue weighted by atomic mass is 16.4. The van der Waals surface area contributed by atoms with Crippen molar-refractivity contribution in [3.8, 4) is 0 Å². The third kappa shape index (κ3) is 3.09. The van der Waals surface area contributed by atoms with E-state index < -0.39 is 11.9 Å². The summed E-state index contributed by atoms with van der Waals surface area (Å²) in [4.78, 5) is 29.3. The lowest BCUT2D eigenvalue weighted by Crippen LogP contribution is -2.23. The van der Waals surface area contributed by atoms with Gasteiger partial charge in [0.2, 0.25) is 0 Å². The molecule has 1 aromatic heterocycles. The Labute approximate surface area is 104 Å². The van der Waals surface area contributed by atoms with E-state index in [-0.39, 0.29) is 12.1 Å². The Hall–Kier alpha value is -1.85. The van der Waals surface area contributed by atoms with Crippen molar-refractivity contribution in [3.05, 3.63) is 22.2 Å². The van der Waals surface area contributed by atoms with Gasteiger partial charge < -0.3 is 15.4 Å². The Bertz CT molecular complexity index is 494. The fourth-order valence-electron chi connectivity index (χ4n) is 1.75. The molecule has 1 fully saturated rings. The number of anilines is 1. The lowest BCUT2D eigenvalue weighted by molar-refractivity contribution is -0.141. The summed E-state index contributed by atoms with van der Waals surface area (Å²) in [6, 6.07) is 1.36. The number of carbonyl (C=O) groups is 1. The van der Waals surface area contributed by atoms with Crippen molar-refractivity contribution in [2.24, 2.45) is 5.92 Å². The first kappa shape index (κ1) is 12.6. The van der Waals surface area contributed by atoms with Crippen LogP contribution in [0.25, 0.3) is 0 Å². The maximum atomic E-state index is 11.4. The summed E-state index contributed by atoms with van der Waals surface area (Å²) in [5, 5.41) is 11.9. The van der Waals surface area contributed by atoms with Crippen molar-refractivity contribution >= 4 is 11.8 Å². The van der Waals surface area contributed by atoms with Gasteiger partial charge in [-0.3, -0.25) is 9.59 Å². The quantitative estimate of drug-likeness (QED) is 0.705. The van der Waals surface area contributed by atoms with Crippen LogP contribution in [0.1, 0.15) is 37.9 Å². The molecule has 6 heteroatoms. The number of rotatable bonds is 6. The molecule has 1 heterocycles. The van der Waals surface area contributed by atoms with Crippen LogP contribution in [0.15, 0.2) is 10.9 Å². The second-order valence-corrected chi connectivity index (χ2v) is 4.61. The van der Waals surface area contributed by atoms with Gasteiger partial charge in [0.05, 0.1) is 5.92 Å². The van der Waals surface area contributed by atoms with Crippen molar-refractivity contribution in [1.29, 1.82) is 0 Å². The first-order valence-corrected chi connectivity index (χ1v) is 6.18. The van der Waals surface area contributed by atoms with E-state index in [9.17, 15) is 9.59 Å². The number of nitrogens with zero attached hydrogens (tertiary/aromatic N) is 1. The van der Waals surface area contributed by atoms with Crippen LogP contribution in [0.5, 0.6) is 0 Å². The number of hydrogen-bond donors (Lipinski definition) is 3. The monoisotopic (exact) mass is 251 g/mol. The van der Waals surface area contributed by atoms with E-state index >= 15 is 0 Å². The maximum absolute atomic E-state index is 11.4. The van der Waals surface area contributed by atoms with Crippen molar-refractivity contribution in [2.75, 3.05) is 11.9 Å². The average Bonchev–Trinajstić information content (AvgIpc) is 3.12. The minimum Gasteiger partial charge on any atom is -0.481 e. The number of aromatic amines is 1. The Morgan fingerprint density at radius 3 is 2.94 bits per heavy atom. The number of H-pyrrole nitrogens is 1. The first-order chi connectivity index (χ1) is 8.60. The van der Waals surface area contributed by atoms with Gasteiger partial charge in [-0.1, -0.05) is 6.92 Å². The summed E-state index contributed by atoms with van der Waals surface area (Å²) < 4.78 is 0. The highest BCUT2D eigenvalue weighted by Gasteiger charge is 2.26. The molecule has 1 aromatic rings. The SMILES string of the molecule is CCC(CNc1cc(=O)[nH]c(C2CC2)n1)C(=O)O. The van der Waals surface area contributed by atoms with Crippen LogP contribution in [0, 0.1) is 5.92 Å².